The maximum absolute atomic E-state index is 5.59. The number of hydrogen-bond acceptors (Lipinski definition) is 3. The summed E-state index contributed by atoms with van der Waals surface area (Å²) >= 11 is 0. The minimum Gasteiger partial charge on any atom is -0.496 e. The Labute approximate surface area is 110 Å². The van der Waals surface area contributed by atoms with Crippen molar-refractivity contribution >= 4 is 0 Å². The van der Waals surface area contributed by atoms with E-state index in [1.54, 1.807) is 21.3 Å². The number of methoxy groups -OCH3 is 3. The third kappa shape index (κ3) is 2.68. The van der Waals surface area contributed by atoms with Gasteiger partial charge in [0, 0.05) is 25.3 Å². The Morgan fingerprint density at radius 1 is 0.778 bits per heavy atom. The van der Waals surface area contributed by atoms with Crippen molar-refractivity contribution in [3.63, 3.8) is 0 Å². The van der Waals surface area contributed by atoms with Gasteiger partial charge >= 0.3 is 0 Å². The van der Waals surface area contributed by atoms with E-state index in [0.717, 1.165) is 16.9 Å². The lowest BCUT2D eigenvalue weighted by Gasteiger charge is -2.31. The third-order valence-corrected chi connectivity index (χ3v) is 3.54. The van der Waals surface area contributed by atoms with Crippen molar-refractivity contribution < 1.29 is 14.2 Å². The monoisotopic (exact) mass is 252 g/mol. The van der Waals surface area contributed by atoms with E-state index in [4.69, 9.17) is 14.2 Å². The molecule has 0 saturated carbocycles. The summed E-state index contributed by atoms with van der Waals surface area (Å²) in [6.07, 6.45) is 0. The topological polar surface area (TPSA) is 27.7 Å². The van der Waals surface area contributed by atoms with Crippen LogP contribution in [-0.2, 0) is 20.7 Å². The zero-order valence-corrected chi connectivity index (χ0v) is 12.5. The molecule has 3 heteroatoms. The van der Waals surface area contributed by atoms with E-state index in [0.29, 0.717) is 0 Å². The molecule has 0 heterocycles. The van der Waals surface area contributed by atoms with Crippen molar-refractivity contribution in [2.45, 2.75) is 38.9 Å². The Morgan fingerprint density at radius 3 is 1.44 bits per heavy atom. The molecule has 0 spiro atoms. The van der Waals surface area contributed by atoms with Gasteiger partial charge in [-0.25, -0.2) is 0 Å². The van der Waals surface area contributed by atoms with Gasteiger partial charge in [0.15, 0.2) is 0 Å². The van der Waals surface area contributed by atoms with Crippen molar-refractivity contribution in [1.82, 2.24) is 0 Å². The molecule has 102 valence electrons. The summed E-state index contributed by atoms with van der Waals surface area (Å²) in [6.45, 7) is 8.09. The van der Waals surface area contributed by atoms with Gasteiger partial charge in [-0.1, -0.05) is 18.2 Å². The Hall–Kier alpha value is -1.06. The molecule has 1 rings (SSSR count). The second-order valence-electron chi connectivity index (χ2n) is 5.32. The van der Waals surface area contributed by atoms with Crippen molar-refractivity contribution in [1.29, 1.82) is 0 Å². The predicted octanol–water partition coefficient (Wildman–Crippen LogP) is 3.46. The maximum Gasteiger partial charge on any atom is 0.131 e. The summed E-state index contributed by atoms with van der Waals surface area (Å²) in [7, 11) is 5.08. The zero-order valence-electron chi connectivity index (χ0n) is 12.5. The molecular formula is C15H24O3. The molecular weight excluding hydrogens is 228 g/mol. The number of benzene rings is 1. The first-order chi connectivity index (χ1) is 8.30. The van der Waals surface area contributed by atoms with E-state index >= 15 is 0 Å². The van der Waals surface area contributed by atoms with Gasteiger partial charge in [-0.05, 0) is 27.7 Å². The van der Waals surface area contributed by atoms with Crippen LogP contribution in [0.5, 0.6) is 5.75 Å². The van der Waals surface area contributed by atoms with E-state index < -0.39 is 11.2 Å². The van der Waals surface area contributed by atoms with Gasteiger partial charge in [0.05, 0.1) is 18.3 Å². The fraction of sp³-hybridized carbons (Fsp3) is 0.600. The molecule has 18 heavy (non-hydrogen) atoms. The van der Waals surface area contributed by atoms with Gasteiger partial charge in [-0.3, -0.25) is 0 Å². The maximum atomic E-state index is 5.59. The number of hydrogen-bond donors (Lipinski definition) is 0. The lowest BCUT2D eigenvalue weighted by atomic mass is 9.89. The molecule has 0 atom stereocenters. The highest BCUT2D eigenvalue weighted by Gasteiger charge is 2.30. The van der Waals surface area contributed by atoms with Gasteiger partial charge in [-0.2, -0.15) is 0 Å². The molecule has 0 radical (unpaired) electrons. The van der Waals surface area contributed by atoms with Crippen LogP contribution in [0, 0.1) is 0 Å². The quantitative estimate of drug-likeness (QED) is 0.803. The largest absolute Gasteiger partial charge is 0.496 e. The number of para-hydroxylation sites is 1. The SMILES string of the molecule is COc1c(C(C)(C)OC)cccc1C(C)(C)OC. The molecule has 0 saturated heterocycles. The molecule has 0 aliphatic rings. The minimum absolute atomic E-state index is 0.398. The predicted molar refractivity (Wildman–Crippen MR) is 73.1 cm³/mol. The Kier molecular flexibility index (Phi) is 4.41. The summed E-state index contributed by atoms with van der Waals surface area (Å²) in [6, 6.07) is 6.06. The van der Waals surface area contributed by atoms with Gasteiger partial charge < -0.3 is 14.2 Å². The standard InChI is InChI=1S/C15H24O3/c1-14(2,17-6)11-9-8-10-12(13(11)16-5)15(3,4)18-7/h8-10H,1-7H3. The fourth-order valence-electron chi connectivity index (χ4n) is 1.93. The van der Waals surface area contributed by atoms with Crippen molar-refractivity contribution in [3.05, 3.63) is 29.3 Å². The molecule has 0 aliphatic carbocycles. The summed E-state index contributed by atoms with van der Waals surface area (Å²) in [4.78, 5) is 0. The molecule has 0 aromatic heterocycles. The molecule has 0 unspecified atom stereocenters. The minimum atomic E-state index is -0.398. The van der Waals surface area contributed by atoms with Crippen molar-refractivity contribution in [3.8, 4) is 5.75 Å². The molecule has 0 fully saturated rings. The smallest absolute Gasteiger partial charge is 0.131 e. The third-order valence-electron chi connectivity index (χ3n) is 3.54. The lowest BCUT2D eigenvalue weighted by molar-refractivity contribution is 0.00970. The first kappa shape index (κ1) is 15.0. The van der Waals surface area contributed by atoms with Crippen LogP contribution in [0.3, 0.4) is 0 Å². The van der Waals surface area contributed by atoms with Crippen molar-refractivity contribution in [2.24, 2.45) is 0 Å². The molecule has 1 aromatic rings. The van der Waals surface area contributed by atoms with E-state index in [1.165, 1.54) is 0 Å². The van der Waals surface area contributed by atoms with Gasteiger partial charge in [0.2, 0.25) is 0 Å². The summed E-state index contributed by atoms with van der Waals surface area (Å²) in [5.74, 6) is 0.830. The molecule has 0 aliphatic heterocycles. The molecule has 1 aromatic carbocycles. The normalized spacial score (nSPS) is 12.6. The van der Waals surface area contributed by atoms with Crippen LogP contribution in [0.15, 0.2) is 18.2 Å². The van der Waals surface area contributed by atoms with Gasteiger partial charge in [0.25, 0.3) is 0 Å². The number of rotatable bonds is 5. The van der Waals surface area contributed by atoms with Crippen LogP contribution in [0.25, 0.3) is 0 Å². The lowest BCUT2D eigenvalue weighted by Crippen LogP contribution is -2.25. The second kappa shape index (κ2) is 5.29. The van der Waals surface area contributed by atoms with E-state index in [-0.39, 0.29) is 0 Å². The highest BCUT2D eigenvalue weighted by Crippen LogP contribution is 2.40. The first-order valence-electron chi connectivity index (χ1n) is 6.08. The summed E-state index contributed by atoms with van der Waals surface area (Å²) in [5.41, 5.74) is 1.25. The molecule has 0 N–H and O–H groups in total. The Balaban J connectivity index is 3.45. The fourth-order valence-corrected chi connectivity index (χ4v) is 1.93. The average molecular weight is 252 g/mol. The van der Waals surface area contributed by atoms with Crippen LogP contribution >= 0.6 is 0 Å². The highest BCUT2D eigenvalue weighted by atomic mass is 16.5. The van der Waals surface area contributed by atoms with E-state index in [9.17, 15) is 0 Å². The van der Waals surface area contributed by atoms with Crippen LogP contribution in [0.2, 0.25) is 0 Å². The second-order valence-corrected chi connectivity index (χ2v) is 5.32. The van der Waals surface area contributed by atoms with Crippen molar-refractivity contribution in [2.75, 3.05) is 21.3 Å². The van der Waals surface area contributed by atoms with Crippen LogP contribution < -0.4 is 4.74 Å². The van der Waals surface area contributed by atoms with Crippen LogP contribution in [0.4, 0.5) is 0 Å². The molecule has 3 nitrogen and oxygen atoms in total. The molecule has 0 bridgehead atoms. The highest BCUT2D eigenvalue weighted by molar-refractivity contribution is 5.47. The van der Waals surface area contributed by atoms with E-state index in [1.807, 2.05) is 45.9 Å². The summed E-state index contributed by atoms with van der Waals surface area (Å²) in [5, 5.41) is 0. The average Bonchev–Trinajstić information content (AvgIpc) is 2.37. The molecule has 0 amide bonds. The van der Waals surface area contributed by atoms with Crippen LogP contribution in [0.1, 0.15) is 38.8 Å². The first-order valence-corrected chi connectivity index (χ1v) is 6.08. The van der Waals surface area contributed by atoms with E-state index in [2.05, 4.69) is 0 Å². The Bertz CT molecular complexity index is 374. The Morgan fingerprint density at radius 2 is 1.17 bits per heavy atom. The zero-order chi connectivity index (χ0) is 14.0. The van der Waals surface area contributed by atoms with Gasteiger partial charge in [-0.15, -0.1) is 0 Å². The number of ether oxygens (including phenoxy) is 3. The van der Waals surface area contributed by atoms with Crippen LogP contribution in [-0.4, -0.2) is 21.3 Å². The van der Waals surface area contributed by atoms with Gasteiger partial charge in [0.1, 0.15) is 5.75 Å². The summed E-state index contributed by atoms with van der Waals surface area (Å²) < 4.78 is 16.7.